The van der Waals surface area contributed by atoms with E-state index in [2.05, 4.69) is 11.9 Å². The van der Waals surface area contributed by atoms with Crippen LogP contribution in [0.4, 0.5) is 0 Å². The number of carbonyl (C=O) groups is 3. The van der Waals surface area contributed by atoms with Gasteiger partial charge in [-0.15, -0.1) is 0 Å². The summed E-state index contributed by atoms with van der Waals surface area (Å²) >= 11 is 6.17. The predicted molar refractivity (Wildman–Crippen MR) is 137 cm³/mol. The maximum absolute atomic E-state index is 13.7. The van der Waals surface area contributed by atoms with E-state index in [-0.39, 0.29) is 28.6 Å². The SMILES string of the molecule is CCCCc1nc(Cl)c(C(=O)O)n1Cc1ccc(C(C(=O)N2CCCC2C(N)=O)C2CCCC2)cc1. The molecule has 1 aliphatic heterocycles. The van der Waals surface area contributed by atoms with Gasteiger partial charge in [0.15, 0.2) is 10.8 Å². The van der Waals surface area contributed by atoms with Crippen LogP contribution in [0, 0.1) is 5.92 Å². The van der Waals surface area contributed by atoms with Gasteiger partial charge in [0.1, 0.15) is 11.9 Å². The molecule has 2 unspecified atom stereocenters. The molecule has 1 saturated carbocycles. The minimum Gasteiger partial charge on any atom is -0.476 e. The van der Waals surface area contributed by atoms with Crippen molar-refractivity contribution in [2.45, 2.75) is 83.2 Å². The number of halogens is 1. The van der Waals surface area contributed by atoms with E-state index < -0.39 is 17.9 Å². The number of carboxylic acids is 1. The van der Waals surface area contributed by atoms with Gasteiger partial charge in [0.05, 0.1) is 5.92 Å². The van der Waals surface area contributed by atoms with Crippen LogP contribution in [0.25, 0.3) is 0 Å². The van der Waals surface area contributed by atoms with Crippen molar-refractivity contribution in [3.05, 3.63) is 52.1 Å². The summed E-state index contributed by atoms with van der Waals surface area (Å²) in [5.41, 5.74) is 7.43. The van der Waals surface area contributed by atoms with Crippen molar-refractivity contribution in [2.24, 2.45) is 11.7 Å². The molecule has 2 amide bonds. The minimum atomic E-state index is -1.10. The summed E-state index contributed by atoms with van der Waals surface area (Å²) in [6.45, 7) is 2.97. The summed E-state index contributed by atoms with van der Waals surface area (Å²) in [5, 5.41) is 9.71. The van der Waals surface area contributed by atoms with Crippen molar-refractivity contribution in [1.29, 1.82) is 0 Å². The topological polar surface area (TPSA) is 119 Å². The van der Waals surface area contributed by atoms with Crippen LogP contribution in [0.5, 0.6) is 0 Å². The number of benzene rings is 1. The molecule has 0 spiro atoms. The first kappa shape index (κ1) is 26.2. The summed E-state index contributed by atoms with van der Waals surface area (Å²) in [6, 6.07) is 7.31. The van der Waals surface area contributed by atoms with Gasteiger partial charge in [0.25, 0.3) is 0 Å². The summed E-state index contributed by atoms with van der Waals surface area (Å²) in [7, 11) is 0. The van der Waals surface area contributed by atoms with Crippen molar-refractivity contribution in [1.82, 2.24) is 14.5 Å². The molecule has 3 N–H and O–H groups in total. The van der Waals surface area contributed by atoms with Crippen LogP contribution in [-0.2, 0) is 22.6 Å². The molecule has 36 heavy (non-hydrogen) atoms. The van der Waals surface area contributed by atoms with Crippen LogP contribution in [0.2, 0.25) is 5.15 Å². The molecule has 1 aromatic carbocycles. The van der Waals surface area contributed by atoms with E-state index in [1.54, 1.807) is 9.47 Å². The van der Waals surface area contributed by atoms with Gasteiger partial charge in [-0.25, -0.2) is 9.78 Å². The zero-order chi connectivity index (χ0) is 25.8. The van der Waals surface area contributed by atoms with Gasteiger partial charge >= 0.3 is 5.97 Å². The van der Waals surface area contributed by atoms with Crippen molar-refractivity contribution in [3.8, 4) is 0 Å². The second-order valence-electron chi connectivity index (χ2n) is 10.0. The Kier molecular flexibility index (Phi) is 8.34. The summed E-state index contributed by atoms with van der Waals surface area (Å²) < 4.78 is 1.68. The standard InChI is InChI=1S/C27H35ClN4O4/c1-2-3-10-21-30-24(28)23(27(35)36)32(21)16-17-11-13-19(14-12-17)22(18-7-4-5-8-18)26(34)31-15-6-9-20(31)25(29)33/h11-14,18,20,22H,2-10,15-16H2,1H3,(H2,29,33)(H,35,36). The van der Waals surface area contributed by atoms with E-state index in [0.29, 0.717) is 31.8 Å². The second-order valence-corrected chi connectivity index (χ2v) is 10.4. The Balaban J connectivity index is 1.60. The normalized spacial score (nSPS) is 19.1. The van der Waals surface area contributed by atoms with Crippen molar-refractivity contribution in [2.75, 3.05) is 6.54 Å². The molecule has 2 aromatic rings. The highest BCUT2D eigenvalue weighted by Gasteiger charge is 2.40. The molecular formula is C27H35ClN4O4. The summed E-state index contributed by atoms with van der Waals surface area (Å²) in [4.78, 5) is 43.5. The molecule has 1 aromatic heterocycles. The third-order valence-electron chi connectivity index (χ3n) is 7.64. The van der Waals surface area contributed by atoms with Crippen LogP contribution >= 0.6 is 11.6 Å². The first-order valence-electron chi connectivity index (χ1n) is 13.0. The van der Waals surface area contributed by atoms with Crippen LogP contribution in [0.3, 0.4) is 0 Å². The van der Waals surface area contributed by atoms with Crippen LogP contribution < -0.4 is 5.73 Å². The van der Waals surface area contributed by atoms with E-state index in [1.807, 2.05) is 24.3 Å². The number of carboxylic acid groups (broad SMARTS) is 1. The number of aromatic carboxylic acids is 1. The first-order chi connectivity index (χ1) is 17.3. The number of hydrogen-bond donors (Lipinski definition) is 2. The number of aryl methyl sites for hydroxylation is 1. The number of nitrogens with zero attached hydrogens (tertiary/aromatic N) is 3. The highest BCUT2D eigenvalue weighted by Crippen LogP contribution is 2.40. The molecular weight excluding hydrogens is 480 g/mol. The van der Waals surface area contributed by atoms with Gasteiger partial charge in [-0.2, -0.15) is 0 Å². The number of hydrogen-bond acceptors (Lipinski definition) is 4. The average molecular weight is 515 g/mol. The molecule has 1 aliphatic carbocycles. The fraction of sp³-hybridized carbons (Fsp3) is 0.556. The number of amides is 2. The maximum atomic E-state index is 13.7. The van der Waals surface area contributed by atoms with E-state index in [0.717, 1.165) is 56.1 Å². The number of likely N-dealkylation sites (tertiary alicyclic amines) is 1. The molecule has 2 atom stereocenters. The second kappa shape index (κ2) is 11.5. The molecule has 2 aliphatic rings. The smallest absolute Gasteiger partial charge is 0.355 e. The van der Waals surface area contributed by atoms with Crippen molar-refractivity contribution in [3.63, 3.8) is 0 Å². The lowest BCUT2D eigenvalue weighted by Crippen LogP contribution is -2.46. The van der Waals surface area contributed by atoms with Crippen LogP contribution in [0.1, 0.15) is 91.6 Å². The number of rotatable bonds is 10. The quantitative estimate of drug-likeness (QED) is 0.487. The van der Waals surface area contributed by atoms with E-state index >= 15 is 0 Å². The predicted octanol–water partition coefficient (Wildman–Crippen LogP) is 4.38. The Morgan fingerprint density at radius 1 is 1.14 bits per heavy atom. The molecule has 8 nitrogen and oxygen atoms in total. The Labute approximate surface area is 216 Å². The number of primary amides is 1. The number of nitrogens with two attached hydrogens (primary N) is 1. The minimum absolute atomic E-state index is 0.00242. The molecule has 1 saturated heterocycles. The maximum Gasteiger partial charge on any atom is 0.355 e. The molecule has 9 heteroatoms. The summed E-state index contributed by atoms with van der Waals surface area (Å²) in [5.74, 6) is -0.953. The van der Waals surface area contributed by atoms with E-state index in [9.17, 15) is 19.5 Å². The molecule has 0 bridgehead atoms. The van der Waals surface area contributed by atoms with Crippen molar-refractivity contribution >= 4 is 29.4 Å². The third kappa shape index (κ3) is 5.43. The van der Waals surface area contributed by atoms with Gasteiger partial charge in [-0.3, -0.25) is 9.59 Å². The van der Waals surface area contributed by atoms with Crippen LogP contribution in [-0.4, -0.2) is 49.9 Å². The third-order valence-corrected chi connectivity index (χ3v) is 7.91. The van der Waals surface area contributed by atoms with E-state index in [4.69, 9.17) is 17.3 Å². The Morgan fingerprint density at radius 3 is 2.44 bits per heavy atom. The van der Waals surface area contributed by atoms with Gasteiger partial charge in [0, 0.05) is 19.5 Å². The highest BCUT2D eigenvalue weighted by molar-refractivity contribution is 6.32. The number of imidazole rings is 1. The molecule has 194 valence electrons. The zero-order valence-corrected chi connectivity index (χ0v) is 21.5. The number of unbranched alkanes of at least 4 members (excludes halogenated alkanes) is 1. The Hall–Kier alpha value is -2.87. The van der Waals surface area contributed by atoms with E-state index in [1.165, 1.54) is 0 Å². The lowest BCUT2D eigenvalue weighted by Gasteiger charge is -2.31. The lowest BCUT2D eigenvalue weighted by molar-refractivity contribution is -0.139. The largest absolute Gasteiger partial charge is 0.476 e. The zero-order valence-electron chi connectivity index (χ0n) is 20.8. The van der Waals surface area contributed by atoms with Gasteiger partial charge in [-0.05, 0) is 49.1 Å². The van der Waals surface area contributed by atoms with Crippen LogP contribution in [0.15, 0.2) is 24.3 Å². The monoisotopic (exact) mass is 514 g/mol. The fourth-order valence-electron chi connectivity index (χ4n) is 5.79. The number of aromatic nitrogens is 2. The Morgan fingerprint density at radius 2 is 1.83 bits per heavy atom. The van der Waals surface area contributed by atoms with Gasteiger partial charge < -0.3 is 20.3 Å². The summed E-state index contributed by atoms with van der Waals surface area (Å²) in [6.07, 6.45) is 8.10. The fourth-order valence-corrected chi connectivity index (χ4v) is 6.07. The molecule has 4 rings (SSSR count). The van der Waals surface area contributed by atoms with Gasteiger partial charge in [-0.1, -0.05) is 62.1 Å². The first-order valence-corrected chi connectivity index (χ1v) is 13.4. The van der Waals surface area contributed by atoms with Crippen molar-refractivity contribution < 1.29 is 19.5 Å². The molecule has 2 fully saturated rings. The van der Waals surface area contributed by atoms with Gasteiger partial charge in [0.2, 0.25) is 11.8 Å². The lowest BCUT2D eigenvalue weighted by atomic mass is 9.83. The average Bonchev–Trinajstić information content (AvgIpc) is 3.59. The Bertz CT molecular complexity index is 1110. The molecule has 0 radical (unpaired) electrons. The molecule has 2 heterocycles. The number of carbonyl (C=O) groups excluding carboxylic acids is 2. The highest BCUT2D eigenvalue weighted by atomic mass is 35.5.